The Hall–Kier alpha value is -2.09. The molecular weight excluding hydrogens is 334 g/mol. The Morgan fingerprint density at radius 1 is 1.31 bits per heavy atom. The highest BCUT2D eigenvalue weighted by Crippen LogP contribution is 2.20. The number of nitrogens with two attached hydrogens (primary N) is 1. The highest BCUT2D eigenvalue weighted by Gasteiger charge is 2.27. The molecule has 3 N–H and O–H groups in total. The van der Waals surface area contributed by atoms with Crippen molar-refractivity contribution in [2.75, 3.05) is 30.3 Å². The number of nitrogens with zero attached hydrogens (tertiary/aromatic N) is 3. The van der Waals surface area contributed by atoms with E-state index < -0.39 is 11.2 Å². The fraction of sp³-hybridized carbons (Fsp3) is 0.722. The number of anilines is 2. The molecule has 0 spiro atoms. The van der Waals surface area contributed by atoms with Crippen molar-refractivity contribution >= 4 is 17.4 Å². The summed E-state index contributed by atoms with van der Waals surface area (Å²) in [6.07, 6.45) is 4.99. The van der Waals surface area contributed by atoms with E-state index in [-0.39, 0.29) is 24.0 Å². The average molecular weight is 365 g/mol. The lowest BCUT2D eigenvalue weighted by Crippen LogP contribution is -2.48. The van der Waals surface area contributed by atoms with Gasteiger partial charge in [0.2, 0.25) is 5.91 Å². The van der Waals surface area contributed by atoms with Crippen LogP contribution in [0.5, 0.6) is 0 Å². The molecule has 0 bridgehead atoms. The van der Waals surface area contributed by atoms with Crippen LogP contribution in [0, 0.1) is 0 Å². The van der Waals surface area contributed by atoms with Crippen molar-refractivity contribution in [3.8, 4) is 0 Å². The van der Waals surface area contributed by atoms with E-state index in [1.807, 2.05) is 6.92 Å². The Morgan fingerprint density at radius 2 is 2.04 bits per heavy atom. The first kappa shape index (κ1) is 20.2. The fourth-order valence-corrected chi connectivity index (χ4v) is 3.49. The minimum absolute atomic E-state index is 0.0640. The van der Waals surface area contributed by atoms with Gasteiger partial charge in [-0.3, -0.25) is 24.0 Å². The Bertz CT molecular complexity index is 739. The summed E-state index contributed by atoms with van der Waals surface area (Å²) in [7, 11) is 0. The number of rotatable bonds is 7. The lowest BCUT2D eigenvalue weighted by molar-refractivity contribution is -0.120. The van der Waals surface area contributed by atoms with Crippen molar-refractivity contribution < 1.29 is 4.79 Å². The molecule has 1 aliphatic heterocycles. The summed E-state index contributed by atoms with van der Waals surface area (Å²) >= 11 is 0. The lowest BCUT2D eigenvalue weighted by Gasteiger charge is -2.34. The van der Waals surface area contributed by atoms with Gasteiger partial charge in [-0.15, -0.1) is 0 Å². The van der Waals surface area contributed by atoms with Gasteiger partial charge in [-0.2, -0.15) is 0 Å². The molecule has 1 amide bonds. The van der Waals surface area contributed by atoms with Gasteiger partial charge >= 0.3 is 5.69 Å². The van der Waals surface area contributed by atoms with Crippen LogP contribution in [0.1, 0.15) is 52.9 Å². The molecular formula is C18H31N5O3. The summed E-state index contributed by atoms with van der Waals surface area (Å²) < 4.78 is 1.35. The summed E-state index contributed by atoms with van der Waals surface area (Å²) in [5.41, 5.74) is 5.08. The van der Waals surface area contributed by atoms with Crippen LogP contribution in [-0.2, 0) is 11.3 Å². The Kier molecular flexibility index (Phi) is 7.02. The first-order valence-electron chi connectivity index (χ1n) is 9.57. The largest absolute Gasteiger partial charge is 0.383 e. The lowest BCUT2D eigenvalue weighted by atomic mass is 10.0. The number of aromatic amines is 1. The molecule has 1 atom stereocenters. The number of hydrogen-bond donors (Lipinski definition) is 2. The van der Waals surface area contributed by atoms with Crippen LogP contribution in [0.3, 0.4) is 0 Å². The number of likely N-dealkylation sites (tertiary alicyclic amines) is 1. The number of likely N-dealkylation sites (N-methyl/N-ethyl adjacent to an activating group) is 1. The molecule has 1 aliphatic rings. The molecule has 8 heteroatoms. The number of unbranched alkanes of at least 4 members (excludes halogenated alkanes) is 1. The third-order valence-electron chi connectivity index (χ3n) is 5.12. The zero-order valence-electron chi connectivity index (χ0n) is 16.1. The molecule has 146 valence electrons. The topological polar surface area (TPSA) is 104 Å². The second-order valence-corrected chi connectivity index (χ2v) is 6.95. The molecule has 2 heterocycles. The SMILES string of the molecule is CCCCn1c(N)c(N(CC)C(=O)CN2CCCC[C@H]2C)c(=O)[nH]c1=O. The zero-order valence-corrected chi connectivity index (χ0v) is 16.1. The molecule has 1 fully saturated rings. The summed E-state index contributed by atoms with van der Waals surface area (Å²) in [4.78, 5) is 43.2. The highest BCUT2D eigenvalue weighted by atomic mass is 16.2. The number of nitrogen functional groups attached to an aromatic ring is 1. The molecule has 0 unspecified atom stereocenters. The zero-order chi connectivity index (χ0) is 19.3. The van der Waals surface area contributed by atoms with Gasteiger partial charge in [-0.1, -0.05) is 19.8 Å². The van der Waals surface area contributed by atoms with Gasteiger partial charge < -0.3 is 10.6 Å². The van der Waals surface area contributed by atoms with Gasteiger partial charge in [0.25, 0.3) is 5.56 Å². The van der Waals surface area contributed by atoms with E-state index in [2.05, 4.69) is 16.8 Å². The van der Waals surface area contributed by atoms with E-state index >= 15 is 0 Å². The summed E-state index contributed by atoms with van der Waals surface area (Å²) in [6.45, 7) is 7.80. The predicted octanol–water partition coefficient (Wildman–Crippen LogP) is 1.15. The third-order valence-corrected chi connectivity index (χ3v) is 5.12. The maximum Gasteiger partial charge on any atom is 0.330 e. The predicted molar refractivity (Wildman–Crippen MR) is 104 cm³/mol. The Labute approximate surface area is 154 Å². The fourth-order valence-electron chi connectivity index (χ4n) is 3.49. The molecule has 8 nitrogen and oxygen atoms in total. The van der Waals surface area contributed by atoms with Gasteiger partial charge in [0, 0.05) is 19.1 Å². The normalized spacial score (nSPS) is 18.0. The third kappa shape index (κ3) is 4.35. The number of carbonyl (C=O) groups is 1. The molecule has 26 heavy (non-hydrogen) atoms. The van der Waals surface area contributed by atoms with Crippen LogP contribution < -0.4 is 21.9 Å². The maximum atomic E-state index is 12.9. The van der Waals surface area contributed by atoms with Gasteiger partial charge in [-0.25, -0.2) is 4.79 Å². The van der Waals surface area contributed by atoms with Gasteiger partial charge in [0.1, 0.15) is 5.82 Å². The second kappa shape index (κ2) is 9.02. The van der Waals surface area contributed by atoms with Gasteiger partial charge in [-0.05, 0) is 39.7 Å². The van der Waals surface area contributed by atoms with Gasteiger partial charge in [0.15, 0.2) is 5.69 Å². The van der Waals surface area contributed by atoms with Crippen LogP contribution in [0.15, 0.2) is 9.59 Å². The van der Waals surface area contributed by atoms with Crippen LogP contribution in [-0.4, -0.2) is 46.0 Å². The quantitative estimate of drug-likeness (QED) is 0.754. The molecule has 0 saturated carbocycles. The minimum Gasteiger partial charge on any atom is -0.383 e. The van der Waals surface area contributed by atoms with Crippen molar-refractivity contribution in [3.63, 3.8) is 0 Å². The van der Waals surface area contributed by atoms with Crippen LogP contribution in [0.25, 0.3) is 0 Å². The number of aromatic nitrogens is 2. The molecule has 2 rings (SSSR count). The number of hydrogen-bond acceptors (Lipinski definition) is 5. The van der Waals surface area contributed by atoms with E-state index in [1.54, 1.807) is 6.92 Å². The molecule has 0 aliphatic carbocycles. The average Bonchev–Trinajstić information content (AvgIpc) is 2.60. The standard InChI is InChI=1S/C18H31N5O3/c1-4-6-11-23-16(19)15(17(25)20-18(23)26)22(5-2)14(24)12-21-10-8-7-9-13(21)3/h13H,4-12,19H2,1-3H3,(H,20,25,26)/t13-/m1/s1. The van der Waals surface area contributed by atoms with Crippen molar-refractivity contribution in [2.24, 2.45) is 0 Å². The first-order chi connectivity index (χ1) is 12.4. The van der Waals surface area contributed by atoms with E-state index in [1.165, 1.54) is 15.9 Å². The first-order valence-corrected chi connectivity index (χ1v) is 9.57. The van der Waals surface area contributed by atoms with E-state index in [4.69, 9.17) is 5.73 Å². The second-order valence-electron chi connectivity index (χ2n) is 6.95. The van der Waals surface area contributed by atoms with Crippen LogP contribution in [0.2, 0.25) is 0 Å². The van der Waals surface area contributed by atoms with E-state index in [0.717, 1.165) is 32.2 Å². The summed E-state index contributed by atoms with van der Waals surface area (Å²) in [5, 5.41) is 0. The van der Waals surface area contributed by atoms with Crippen molar-refractivity contribution in [1.82, 2.24) is 14.5 Å². The Morgan fingerprint density at radius 3 is 2.65 bits per heavy atom. The molecule has 0 radical (unpaired) electrons. The summed E-state index contributed by atoms with van der Waals surface area (Å²) in [5.74, 6) is -0.103. The maximum absolute atomic E-state index is 12.9. The molecule has 1 aromatic heterocycles. The monoisotopic (exact) mass is 365 g/mol. The number of H-pyrrole nitrogens is 1. The van der Waals surface area contributed by atoms with Crippen molar-refractivity contribution in [1.29, 1.82) is 0 Å². The van der Waals surface area contributed by atoms with Crippen molar-refractivity contribution in [3.05, 3.63) is 20.8 Å². The van der Waals surface area contributed by atoms with Gasteiger partial charge in [0.05, 0.1) is 6.54 Å². The smallest absolute Gasteiger partial charge is 0.330 e. The van der Waals surface area contributed by atoms with Crippen LogP contribution >= 0.6 is 0 Å². The van der Waals surface area contributed by atoms with E-state index in [9.17, 15) is 14.4 Å². The Balaban J connectivity index is 2.32. The number of amides is 1. The highest BCUT2D eigenvalue weighted by molar-refractivity contribution is 5.96. The van der Waals surface area contributed by atoms with Crippen molar-refractivity contribution in [2.45, 2.75) is 65.5 Å². The minimum atomic E-state index is -0.609. The van der Waals surface area contributed by atoms with Crippen LogP contribution in [0.4, 0.5) is 11.5 Å². The summed E-state index contributed by atoms with van der Waals surface area (Å²) in [6, 6.07) is 0.348. The number of carbonyl (C=O) groups excluding carboxylic acids is 1. The molecule has 0 aromatic carbocycles. The molecule has 1 saturated heterocycles. The van der Waals surface area contributed by atoms with E-state index in [0.29, 0.717) is 19.1 Å². The number of piperidine rings is 1. The molecule has 1 aromatic rings. The number of nitrogens with one attached hydrogen (secondary N) is 1.